The summed E-state index contributed by atoms with van der Waals surface area (Å²) in [6.45, 7) is 3.92. The predicted octanol–water partition coefficient (Wildman–Crippen LogP) is 3.65. The fourth-order valence-electron chi connectivity index (χ4n) is 4.16. The highest BCUT2D eigenvalue weighted by Crippen LogP contribution is 2.27. The molecule has 2 aromatic carbocycles. The van der Waals surface area contributed by atoms with Crippen LogP contribution >= 0.6 is 12.4 Å². The number of fused-ring (bicyclic) bond motifs is 1. The van der Waals surface area contributed by atoms with E-state index in [0.29, 0.717) is 12.5 Å². The van der Waals surface area contributed by atoms with Crippen LogP contribution in [0.3, 0.4) is 0 Å². The van der Waals surface area contributed by atoms with Crippen LogP contribution in [-0.2, 0) is 6.54 Å². The molecule has 150 valence electrons. The van der Waals surface area contributed by atoms with Crippen molar-refractivity contribution in [2.75, 3.05) is 26.2 Å². The molecule has 4 nitrogen and oxygen atoms in total. The molecule has 2 aliphatic heterocycles. The van der Waals surface area contributed by atoms with E-state index in [-0.39, 0.29) is 24.1 Å². The summed E-state index contributed by atoms with van der Waals surface area (Å²) in [5.41, 5.74) is 2.72. The smallest absolute Gasteiger partial charge is 0.254 e. The van der Waals surface area contributed by atoms with Crippen molar-refractivity contribution in [2.45, 2.75) is 25.5 Å². The number of benzene rings is 2. The first kappa shape index (κ1) is 20.8. The van der Waals surface area contributed by atoms with E-state index in [2.05, 4.69) is 4.90 Å². The van der Waals surface area contributed by atoms with Gasteiger partial charge in [0.2, 0.25) is 0 Å². The van der Waals surface area contributed by atoms with Crippen molar-refractivity contribution in [1.29, 1.82) is 0 Å². The number of β-amino-alcohol motifs (C(OH)–C–C–N with tert-alkyl or cyclic N) is 1. The summed E-state index contributed by atoms with van der Waals surface area (Å²) >= 11 is 0. The number of carbonyl (C=O) groups is 1. The summed E-state index contributed by atoms with van der Waals surface area (Å²) in [7, 11) is 0. The molecule has 2 aliphatic rings. The normalized spacial score (nSPS) is 18.6. The summed E-state index contributed by atoms with van der Waals surface area (Å²) < 4.78 is 13.0. The van der Waals surface area contributed by atoms with E-state index in [4.69, 9.17) is 0 Å². The van der Waals surface area contributed by atoms with Crippen LogP contribution < -0.4 is 0 Å². The van der Waals surface area contributed by atoms with Crippen molar-refractivity contribution < 1.29 is 14.3 Å². The number of carbonyl (C=O) groups excluding carboxylic acids is 1. The van der Waals surface area contributed by atoms with Gasteiger partial charge in [0.1, 0.15) is 5.82 Å². The molecule has 2 heterocycles. The van der Waals surface area contributed by atoms with E-state index in [1.54, 1.807) is 12.1 Å². The Morgan fingerprint density at radius 1 is 1.07 bits per heavy atom. The first-order chi connectivity index (χ1) is 13.1. The Kier molecular flexibility index (Phi) is 6.70. The Balaban J connectivity index is 0.00000225. The third-order valence-corrected chi connectivity index (χ3v) is 5.77. The number of likely N-dealkylation sites (tertiary alicyclic amines) is 1. The zero-order valence-corrected chi connectivity index (χ0v) is 16.6. The van der Waals surface area contributed by atoms with Crippen LogP contribution in [-0.4, -0.2) is 47.0 Å². The highest BCUT2D eigenvalue weighted by Gasteiger charge is 2.30. The van der Waals surface area contributed by atoms with E-state index in [1.807, 2.05) is 29.2 Å². The molecule has 0 spiro atoms. The Morgan fingerprint density at radius 3 is 2.43 bits per heavy atom. The zero-order chi connectivity index (χ0) is 18.8. The lowest BCUT2D eigenvalue weighted by Gasteiger charge is -2.34. The van der Waals surface area contributed by atoms with Crippen molar-refractivity contribution in [3.05, 3.63) is 71.0 Å². The minimum Gasteiger partial charge on any atom is -0.387 e. The fraction of sp³-hybridized carbons (Fsp3) is 0.409. The van der Waals surface area contributed by atoms with Gasteiger partial charge >= 0.3 is 0 Å². The maximum atomic E-state index is 13.0. The van der Waals surface area contributed by atoms with Crippen molar-refractivity contribution >= 4 is 18.3 Å². The second-order valence-corrected chi connectivity index (χ2v) is 7.65. The van der Waals surface area contributed by atoms with Crippen LogP contribution in [0.15, 0.2) is 48.5 Å². The van der Waals surface area contributed by atoms with Gasteiger partial charge in [0.05, 0.1) is 6.10 Å². The number of halogens is 2. The van der Waals surface area contributed by atoms with E-state index in [1.165, 1.54) is 12.1 Å². The van der Waals surface area contributed by atoms with Crippen LogP contribution in [0.5, 0.6) is 0 Å². The first-order valence-electron chi connectivity index (χ1n) is 9.63. The van der Waals surface area contributed by atoms with Crippen LogP contribution in [0.4, 0.5) is 4.39 Å². The standard InChI is InChI=1S/C22H25FN2O2.ClH/c23-19-7-5-17(6-8-19)21(26)15-24-11-9-16(10-12-24)13-25-14-18-3-1-2-4-20(18)22(25)27;/h1-8,16,21,26H,9-15H2;1H. The number of rotatable bonds is 5. The molecular formula is C22H26ClFN2O2. The van der Waals surface area contributed by atoms with E-state index in [9.17, 15) is 14.3 Å². The van der Waals surface area contributed by atoms with Gasteiger partial charge in [0.15, 0.2) is 0 Å². The van der Waals surface area contributed by atoms with Crippen LogP contribution in [0, 0.1) is 11.7 Å². The quantitative estimate of drug-likeness (QED) is 0.827. The second-order valence-electron chi connectivity index (χ2n) is 7.65. The summed E-state index contributed by atoms with van der Waals surface area (Å²) in [5.74, 6) is 0.368. The maximum absolute atomic E-state index is 13.0. The predicted molar refractivity (Wildman–Crippen MR) is 109 cm³/mol. The number of hydrogen-bond donors (Lipinski definition) is 1. The molecule has 1 fully saturated rings. The minimum absolute atomic E-state index is 0. The average molecular weight is 405 g/mol. The van der Waals surface area contributed by atoms with Crippen molar-refractivity contribution in [3.8, 4) is 0 Å². The molecule has 0 radical (unpaired) electrons. The van der Waals surface area contributed by atoms with E-state index in [0.717, 1.165) is 55.7 Å². The molecular weight excluding hydrogens is 379 g/mol. The van der Waals surface area contributed by atoms with Gasteiger partial charge in [-0.2, -0.15) is 0 Å². The van der Waals surface area contributed by atoms with Crippen LogP contribution in [0.1, 0.15) is 40.4 Å². The Morgan fingerprint density at radius 2 is 1.75 bits per heavy atom. The molecule has 2 aromatic rings. The van der Waals surface area contributed by atoms with Crippen molar-refractivity contribution in [2.24, 2.45) is 5.92 Å². The molecule has 0 aliphatic carbocycles. The Labute approximate surface area is 171 Å². The van der Waals surface area contributed by atoms with Crippen LogP contribution in [0.25, 0.3) is 0 Å². The second kappa shape index (κ2) is 9.03. The first-order valence-corrected chi connectivity index (χ1v) is 9.63. The van der Waals surface area contributed by atoms with Gasteiger partial charge in [0, 0.05) is 25.2 Å². The number of aliphatic hydroxyl groups is 1. The number of amides is 1. The van der Waals surface area contributed by atoms with Gasteiger partial charge in [-0.25, -0.2) is 4.39 Å². The molecule has 0 saturated carbocycles. The number of aliphatic hydroxyl groups excluding tert-OH is 1. The van der Waals surface area contributed by atoms with E-state index >= 15 is 0 Å². The SMILES string of the molecule is Cl.O=C1c2ccccc2CN1CC1CCN(CC(O)c2ccc(F)cc2)CC1. The Hall–Kier alpha value is -1.95. The molecule has 0 aromatic heterocycles. The molecule has 1 saturated heterocycles. The topological polar surface area (TPSA) is 43.8 Å². The molecule has 0 bridgehead atoms. The van der Waals surface area contributed by atoms with Gasteiger partial charge in [-0.1, -0.05) is 30.3 Å². The number of hydrogen-bond acceptors (Lipinski definition) is 3. The third kappa shape index (κ3) is 4.54. The van der Waals surface area contributed by atoms with Gasteiger partial charge in [-0.05, 0) is 61.2 Å². The highest BCUT2D eigenvalue weighted by atomic mass is 35.5. The van der Waals surface area contributed by atoms with E-state index < -0.39 is 6.10 Å². The summed E-state index contributed by atoms with van der Waals surface area (Å²) in [4.78, 5) is 16.7. The monoisotopic (exact) mass is 404 g/mol. The summed E-state index contributed by atoms with van der Waals surface area (Å²) in [5, 5.41) is 10.4. The summed E-state index contributed by atoms with van der Waals surface area (Å²) in [6, 6.07) is 13.9. The minimum atomic E-state index is -0.600. The molecule has 1 amide bonds. The van der Waals surface area contributed by atoms with Gasteiger partial charge < -0.3 is 14.9 Å². The lowest BCUT2D eigenvalue weighted by molar-refractivity contribution is 0.0654. The van der Waals surface area contributed by atoms with Crippen molar-refractivity contribution in [3.63, 3.8) is 0 Å². The molecule has 4 rings (SSSR count). The van der Waals surface area contributed by atoms with Gasteiger partial charge in [-0.3, -0.25) is 4.79 Å². The molecule has 28 heavy (non-hydrogen) atoms. The van der Waals surface area contributed by atoms with Crippen molar-refractivity contribution in [1.82, 2.24) is 9.80 Å². The molecule has 6 heteroatoms. The van der Waals surface area contributed by atoms with Crippen LogP contribution in [0.2, 0.25) is 0 Å². The summed E-state index contributed by atoms with van der Waals surface area (Å²) in [6.07, 6.45) is 1.45. The third-order valence-electron chi connectivity index (χ3n) is 5.77. The van der Waals surface area contributed by atoms with Gasteiger partial charge in [0.25, 0.3) is 5.91 Å². The average Bonchev–Trinajstić information content (AvgIpc) is 3.00. The number of piperidine rings is 1. The fourth-order valence-corrected chi connectivity index (χ4v) is 4.16. The molecule has 1 atom stereocenters. The zero-order valence-electron chi connectivity index (χ0n) is 15.8. The lowest BCUT2D eigenvalue weighted by Crippen LogP contribution is -2.40. The highest BCUT2D eigenvalue weighted by molar-refractivity contribution is 5.98. The van der Waals surface area contributed by atoms with Gasteiger partial charge in [-0.15, -0.1) is 12.4 Å². The molecule has 1 N–H and O–H groups in total. The largest absolute Gasteiger partial charge is 0.387 e. The number of nitrogens with zero attached hydrogens (tertiary/aromatic N) is 2. The lowest BCUT2D eigenvalue weighted by atomic mass is 9.95. The maximum Gasteiger partial charge on any atom is 0.254 e. The molecule has 1 unspecified atom stereocenters. The Bertz CT molecular complexity index is 806.